The van der Waals surface area contributed by atoms with E-state index in [1.54, 1.807) is 11.3 Å². The summed E-state index contributed by atoms with van der Waals surface area (Å²) in [6.45, 7) is 2.06. The number of hydrogen-bond donors (Lipinski definition) is 2. The molecule has 0 saturated heterocycles. The summed E-state index contributed by atoms with van der Waals surface area (Å²) in [5, 5.41) is 2.00. The van der Waals surface area contributed by atoms with Crippen molar-refractivity contribution in [1.82, 2.24) is 0 Å². The average Bonchev–Trinajstić information content (AvgIpc) is 2.41. The van der Waals surface area contributed by atoms with E-state index in [0.29, 0.717) is 0 Å². The van der Waals surface area contributed by atoms with Crippen molar-refractivity contribution in [3.8, 4) is 0 Å². The van der Waals surface area contributed by atoms with Gasteiger partial charge in [-0.1, -0.05) is 6.07 Å². The third-order valence-electron chi connectivity index (χ3n) is 1.95. The van der Waals surface area contributed by atoms with E-state index in [-0.39, 0.29) is 0 Å². The van der Waals surface area contributed by atoms with Crippen LogP contribution in [-0.2, 0) is 0 Å². The van der Waals surface area contributed by atoms with Crippen molar-refractivity contribution >= 4 is 32.1 Å². The Bertz CT molecular complexity index is 392. The van der Waals surface area contributed by atoms with Gasteiger partial charge in [0.15, 0.2) is 0 Å². The van der Waals surface area contributed by atoms with Crippen LogP contribution in [0.25, 0.3) is 10.1 Å². The fourth-order valence-electron chi connectivity index (χ4n) is 1.30. The number of anilines is 2. The second-order valence-corrected chi connectivity index (χ2v) is 3.95. The Morgan fingerprint density at radius 2 is 2.00 bits per heavy atom. The van der Waals surface area contributed by atoms with Crippen LogP contribution < -0.4 is 11.5 Å². The van der Waals surface area contributed by atoms with E-state index >= 15 is 0 Å². The fraction of sp³-hybridized carbons (Fsp3) is 0.111. The van der Waals surface area contributed by atoms with Crippen molar-refractivity contribution in [3.63, 3.8) is 0 Å². The maximum atomic E-state index is 5.79. The molecule has 0 unspecified atom stereocenters. The molecule has 0 aliphatic rings. The van der Waals surface area contributed by atoms with Crippen LogP contribution in [0.4, 0.5) is 10.7 Å². The first-order valence-electron chi connectivity index (χ1n) is 3.72. The largest absolute Gasteiger partial charge is 0.398 e. The van der Waals surface area contributed by atoms with Gasteiger partial charge in [0.1, 0.15) is 0 Å². The van der Waals surface area contributed by atoms with Gasteiger partial charge in [0.2, 0.25) is 0 Å². The summed E-state index contributed by atoms with van der Waals surface area (Å²) < 4.78 is 1.10. The molecule has 0 bridgehead atoms. The van der Waals surface area contributed by atoms with Crippen molar-refractivity contribution in [1.29, 1.82) is 0 Å². The van der Waals surface area contributed by atoms with Gasteiger partial charge in [0, 0.05) is 5.69 Å². The Hall–Kier alpha value is -1.22. The lowest BCUT2D eigenvalue weighted by molar-refractivity contribution is 1.55. The van der Waals surface area contributed by atoms with Gasteiger partial charge in [-0.2, -0.15) is 0 Å². The summed E-state index contributed by atoms with van der Waals surface area (Å²) in [7, 11) is 0. The van der Waals surface area contributed by atoms with Crippen LogP contribution in [0.1, 0.15) is 5.56 Å². The maximum absolute atomic E-state index is 5.79. The zero-order valence-corrected chi connectivity index (χ0v) is 7.61. The molecule has 0 radical (unpaired) electrons. The minimum Gasteiger partial charge on any atom is -0.398 e. The van der Waals surface area contributed by atoms with Crippen LogP contribution in [0.3, 0.4) is 0 Å². The summed E-state index contributed by atoms with van der Waals surface area (Å²) in [5.74, 6) is 0. The molecule has 2 nitrogen and oxygen atoms in total. The van der Waals surface area contributed by atoms with Gasteiger partial charge in [-0.05, 0) is 30.0 Å². The van der Waals surface area contributed by atoms with E-state index in [0.717, 1.165) is 15.4 Å². The van der Waals surface area contributed by atoms with Gasteiger partial charge in [0.25, 0.3) is 0 Å². The van der Waals surface area contributed by atoms with Crippen LogP contribution in [0.5, 0.6) is 0 Å². The molecule has 4 N–H and O–H groups in total. The molecule has 2 aromatic rings. The predicted octanol–water partition coefficient (Wildman–Crippen LogP) is 2.37. The molecule has 0 aliphatic heterocycles. The molecule has 0 saturated carbocycles. The molecule has 2 rings (SSSR count). The summed E-state index contributed by atoms with van der Waals surface area (Å²) in [6.07, 6.45) is 0. The summed E-state index contributed by atoms with van der Waals surface area (Å²) in [4.78, 5) is 0. The fourth-order valence-corrected chi connectivity index (χ4v) is 2.23. The van der Waals surface area contributed by atoms with Crippen molar-refractivity contribution in [2.75, 3.05) is 11.5 Å². The van der Waals surface area contributed by atoms with Gasteiger partial charge in [0.05, 0.1) is 9.70 Å². The molecule has 62 valence electrons. The molecule has 0 aliphatic carbocycles. The summed E-state index contributed by atoms with van der Waals surface area (Å²) in [5.41, 5.74) is 13.5. The topological polar surface area (TPSA) is 52.0 Å². The van der Waals surface area contributed by atoms with E-state index < -0.39 is 0 Å². The number of fused-ring (bicyclic) bond motifs is 1. The first-order valence-corrected chi connectivity index (χ1v) is 4.54. The van der Waals surface area contributed by atoms with Crippen molar-refractivity contribution in [2.45, 2.75) is 6.92 Å². The smallest absolute Gasteiger partial charge is 0.0869 e. The zero-order chi connectivity index (χ0) is 8.72. The monoisotopic (exact) mass is 178 g/mol. The Morgan fingerprint density at radius 1 is 1.25 bits per heavy atom. The highest BCUT2D eigenvalue weighted by Crippen LogP contribution is 2.33. The molecular weight excluding hydrogens is 168 g/mol. The van der Waals surface area contributed by atoms with Crippen molar-refractivity contribution < 1.29 is 0 Å². The minimum absolute atomic E-state index is 0.817. The van der Waals surface area contributed by atoms with Crippen molar-refractivity contribution in [2.24, 2.45) is 0 Å². The van der Waals surface area contributed by atoms with Crippen LogP contribution in [0.2, 0.25) is 0 Å². The molecule has 0 atom stereocenters. The van der Waals surface area contributed by atoms with Crippen LogP contribution in [0, 0.1) is 6.92 Å². The first kappa shape index (κ1) is 7.43. The standard InChI is InChI=1S/C9H10N2S/c1-5-2-3-7(10)9-6(5)4-8(11)12-9/h2-4H,10-11H2,1H3. The Balaban J connectivity index is 2.93. The van der Waals surface area contributed by atoms with Crippen molar-refractivity contribution in [3.05, 3.63) is 23.8 Å². The molecule has 1 aromatic carbocycles. The number of rotatable bonds is 0. The number of nitrogens with two attached hydrogens (primary N) is 2. The zero-order valence-electron chi connectivity index (χ0n) is 6.79. The van der Waals surface area contributed by atoms with Gasteiger partial charge in [-0.25, -0.2) is 0 Å². The Labute approximate surface area is 74.8 Å². The van der Waals surface area contributed by atoms with Crippen LogP contribution >= 0.6 is 11.3 Å². The molecule has 0 fully saturated rings. The molecule has 1 aromatic heterocycles. The average molecular weight is 178 g/mol. The number of nitrogen functional groups attached to an aromatic ring is 2. The number of aryl methyl sites for hydroxylation is 1. The highest BCUT2D eigenvalue weighted by Gasteiger charge is 2.04. The van der Waals surface area contributed by atoms with Crippen LogP contribution in [-0.4, -0.2) is 0 Å². The van der Waals surface area contributed by atoms with Gasteiger partial charge >= 0.3 is 0 Å². The quantitative estimate of drug-likeness (QED) is 0.608. The third-order valence-corrected chi connectivity index (χ3v) is 2.96. The van der Waals surface area contributed by atoms with Gasteiger partial charge in [-0.15, -0.1) is 11.3 Å². The van der Waals surface area contributed by atoms with E-state index in [1.165, 1.54) is 10.9 Å². The van der Waals surface area contributed by atoms with Crippen LogP contribution in [0.15, 0.2) is 18.2 Å². The number of hydrogen-bond acceptors (Lipinski definition) is 3. The lowest BCUT2D eigenvalue weighted by atomic mass is 10.1. The molecule has 0 amide bonds. The lowest BCUT2D eigenvalue weighted by Crippen LogP contribution is -1.84. The first-order chi connectivity index (χ1) is 5.68. The van der Waals surface area contributed by atoms with Gasteiger partial charge < -0.3 is 11.5 Å². The molecule has 0 spiro atoms. The SMILES string of the molecule is Cc1ccc(N)c2sc(N)cc12. The molecular formula is C9H10N2S. The molecule has 1 heterocycles. The molecule has 3 heteroatoms. The number of thiophene rings is 1. The highest BCUT2D eigenvalue weighted by atomic mass is 32.1. The maximum Gasteiger partial charge on any atom is 0.0869 e. The lowest BCUT2D eigenvalue weighted by Gasteiger charge is -1.97. The Morgan fingerprint density at radius 3 is 2.67 bits per heavy atom. The van der Waals surface area contributed by atoms with E-state index in [9.17, 15) is 0 Å². The van der Waals surface area contributed by atoms with E-state index in [4.69, 9.17) is 11.5 Å². The Kier molecular flexibility index (Phi) is 1.48. The number of benzene rings is 1. The summed E-state index contributed by atoms with van der Waals surface area (Å²) >= 11 is 1.55. The van der Waals surface area contributed by atoms with E-state index in [1.807, 2.05) is 18.2 Å². The predicted molar refractivity (Wildman–Crippen MR) is 55.4 cm³/mol. The summed E-state index contributed by atoms with van der Waals surface area (Å²) in [6, 6.07) is 5.92. The second kappa shape index (κ2) is 2.38. The minimum atomic E-state index is 0.817. The second-order valence-electron chi connectivity index (χ2n) is 2.86. The highest BCUT2D eigenvalue weighted by molar-refractivity contribution is 7.23. The van der Waals surface area contributed by atoms with Gasteiger partial charge in [-0.3, -0.25) is 0 Å². The third kappa shape index (κ3) is 0.940. The molecule has 12 heavy (non-hydrogen) atoms. The normalized spacial score (nSPS) is 10.8. The van der Waals surface area contributed by atoms with E-state index in [2.05, 4.69) is 6.92 Å².